The Hall–Kier alpha value is -0.850. The number of ether oxygens (including phenoxy) is 1. The molecule has 2 bridgehead atoms. The lowest BCUT2D eigenvalue weighted by atomic mass is 9.65. The van der Waals surface area contributed by atoms with E-state index in [1.165, 1.54) is 26.4 Å². The van der Waals surface area contributed by atoms with Gasteiger partial charge >= 0.3 is 0 Å². The highest BCUT2D eigenvalue weighted by atomic mass is 35.5. The van der Waals surface area contributed by atoms with Crippen molar-refractivity contribution >= 4 is 24.2 Å². The molecule has 2 atom stereocenters. The Balaban J connectivity index is 0.00000225. The van der Waals surface area contributed by atoms with Crippen LogP contribution in [0.2, 0.25) is 0 Å². The summed E-state index contributed by atoms with van der Waals surface area (Å²) in [5.41, 5.74) is 6.32. The van der Waals surface area contributed by atoms with E-state index < -0.39 is 0 Å². The number of likely N-dealkylation sites (tertiary alicyclic amines) is 1. The van der Waals surface area contributed by atoms with Crippen LogP contribution in [0.15, 0.2) is 0 Å². The van der Waals surface area contributed by atoms with Crippen molar-refractivity contribution in [3.63, 3.8) is 0 Å². The van der Waals surface area contributed by atoms with Gasteiger partial charge in [0, 0.05) is 38.2 Å². The number of amides is 2. The molecular formula is C18H32ClN3O3. The third kappa shape index (κ3) is 4.86. The Kier molecular flexibility index (Phi) is 7.52. The third-order valence-corrected chi connectivity index (χ3v) is 6.25. The van der Waals surface area contributed by atoms with E-state index in [4.69, 9.17) is 10.5 Å². The Morgan fingerprint density at radius 2 is 1.72 bits per heavy atom. The van der Waals surface area contributed by atoms with E-state index in [1.54, 1.807) is 0 Å². The number of methoxy groups -OCH3 is 1. The van der Waals surface area contributed by atoms with E-state index in [9.17, 15) is 9.59 Å². The zero-order valence-corrected chi connectivity index (χ0v) is 15.9. The van der Waals surface area contributed by atoms with E-state index in [0.29, 0.717) is 31.0 Å². The van der Waals surface area contributed by atoms with Gasteiger partial charge in [0.1, 0.15) is 6.61 Å². The standard InChI is InChI=1S/C18H31N3O3.ClH/c1-24-11-16(22)21-7-5-15(6-8-21)20-18(23)14-9-12-3-2-4-13(10-14)17(12)19;/h12-15,17H,2-11,19H2,1H3,(H,20,23);1H. The first-order chi connectivity index (χ1) is 11.6. The predicted molar refractivity (Wildman–Crippen MR) is 98.4 cm³/mol. The van der Waals surface area contributed by atoms with Crippen molar-refractivity contribution in [3.8, 4) is 0 Å². The first-order valence-corrected chi connectivity index (χ1v) is 9.41. The smallest absolute Gasteiger partial charge is 0.248 e. The third-order valence-electron chi connectivity index (χ3n) is 6.25. The van der Waals surface area contributed by atoms with Gasteiger partial charge in [-0.1, -0.05) is 6.42 Å². The first kappa shape index (κ1) is 20.5. The minimum absolute atomic E-state index is 0. The summed E-state index contributed by atoms with van der Waals surface area (Å²) in [6, 6.07) is 0.498. The lowest BCUT2D eigenvalue weighted by Crippen LogP contribution is -2.52. The molecule has 0 aromatic carbocycles. The van der Waals surface area contributed by atoms with Crippen LogP contribution in [0.4, 0.5) is 0 Å². The van der Waals surface area contributed by atoms with Gasteiger partial charge in [-0.3, -0.25) is 9.59 Å². The minimum Gasteiger partial charge on any atom is -0.375 e. The van der Waals surface area contributed by atoms with E-state index in [2.05, 4.69) is 5.32 Å². The Morgan fingerprint density at radius 3 is 2.28 bits per heavy atom. The highest BCUT2D eigenvalue weighted by Gasteiger charge is 2.40. The van der Waals surface area contributed by atoms with Gasteiger partial charge in [-0.2, -0.15) is 0 Å². The van der Waals surface area contributed by atoms with Crippen molar-refractivity contribution in [2.24, 2.45) is 23.5 Å². The highest BCUT2D eigenvalue weighted by molar-refractivity contribution is 5.85. The van der Waals surface area contributed by atoms with Crippen LogP contribution in [0.25, 0.3) is 0 Å². The average molecular weight is 374 g/mol. The van der Waals surface area contributed by atoms with Gasteiger partial charge in [-0.15, -0.1) is 12.4 Å². The maximum absolute atomic E-state index is 12.7. The van der Waals surface area contributed by atoms with Crippen molar-refractivity contribution in [1.82, 2.24) is 10.2 Å². The second-order valence-electron chi connectivity index (χ2n) is 7.79. The fourth-order valence-corrected chi connectivity index (χ4v) is 4.81. The van der Waals surface area contributed by atoms with Crippen LogP contribution >= 0.6 is 12.4 Å². The molecule has 2 unspecified atom stereocenters. The van der Waals surface area contributed by atoms with Crippen LogP contribution in [0.1, 0.15) is 44.9 Å². The first-order valence-electron chi connectivity index (χ1n) is 9.41. The Labute approximate surface area is 156 Å². The molecule has 2 amide bonds. The molecule has 3 fully saturated rings. The summed E-state index contributed by atoms with van der Waals surface area (Å²) in [7, 11) is 1.54. The van der Waals surface area contributed by atoms with Crippen LogP contribution in [-0.2, 0) is 14.3 Å². The summed E-state index contributed by atoms with van der Waals surface area (Å²) in [6.45, 7) is 1.55. The number of hydrogen-bond acceptors (Lipinski definition) is 4. The van der Waals surface area contributed by atoms with Crippen molar-refractivity contribution < 1.29 is 14.3 Å². The van der Waals surface area contributed by atoms with Crippen LogP contribution in [0.5, 0.6) is 0 Å². The second-order valence-corrected chi connectivity index (χ2v) is 7.79. The number of carbonyl (C=O) groups is 2. The molecular weight excluding hydrogens is 342 g/mol. The largest absolute Gasteiger partial charge is 0.375 e. The van der Waals surface area contributed by atoms with Crippen molar-refractivity contribution in [1.29, 1.82) is 0 Å². The molecule has 25 heavy (non-hydrogen) atoms. The molecule has 3 rings (SSSR count). The number of rotatable bonds is 4. The second kappa shape index (κ2) is 9.19. The molecule has 0 radical (unpaired) electrons. The van der Waals surface area contributed by atoms with Gasteiger partial charge < -0.3 is 20.7 Å². The monoisotopic (exact) mass is 373 g/mol. The molecule has 6 nitrogen and oxygen atoms in total. The lowest BCUT2D eigenvalue weighted by Gasteiger charge is -2.44. The zero-order valence-electron chi connectivity index (χ0n) is 15.1. The van der Waals surface area contributed by atoms with Gasteiger partial charge in [0.2, 0.25) is 11.8 Å². The molecule has 1 aliphatic heterocycles. The molecule has 144 valence electrons. The number of hydrogen-bond donors (Lipinski definition) is 2. The Morgan fingerprint density at radius 1 is 1.12 bits per heavy atom. The number of fused-ring (bicyclic) bond motifs is 2. The topological polar surface area (TPSA) is 84.7 Å². The summed E-state index contributed by atoms with van der Waals surface area (Å²) in [4.78, 5) is 26.3. The van der Waals surface area contributed by atoms with Crippen LogP contribution in [-0.4, -0.2) is 55.6 Å². The van der Waals surface area contributed by atoms with E-state index in [1.807, 2.05) is 4.90 Å². The van der Waals surface area contributed by atoms with E-state index >= 15 is 0 Å². The van der Waals surface area contributed by atoms with E-state index in [-0.39, 0.29) is 42.8 Å². The van der Waals surface area contributed by atoms with Crippen LogP contribution in [0, 0.1) is 17.8 Å². The van der Waals surface area contributed by atoms with Gasteiger partial charge in [0.25, 0.3) is 0 Å². The fraction of sp³-hybridized carbons (Fsp3) is 0.889. The Bertz CT molecular complexity index is 454. The number of nitrogens with one attached hydrogen (secondary N) is 1. The minimum atomic E-state index is 0. The summed E-state index contributed by atoms with van der Waals surface area (Å²) in [5.74, 6) is 1.44. The molecule has 3 N–H and O–H groups in total. The van der Waals surface area contributed by atoms with Gasteiger partial charge in [-0.05, 0) is 50.4 Å². The number of nitrogens with two attached hydrogens (primary N) is 1. The summed E-state index contributed by atoms with van der Waals surface area (Å²) < 4.78 is 4.90. The highest BCUT2D eigenvalue weighted by Crippen LogP contribution is 2.41. The van der Waals surface area contributed by atoms with Crippen LogP contribution in [0.3, 0.4) is 0 Å². The molecule has 0 aromatic heterocycles. The fourth-order valence-electron chi connectivity index (χ4n) is 4.81. The molecule has 1 saturated heterocycles. The normalized spacial score (nSPS) is 32.6. The molecule has 2 saturated carbocycles. The van der Waals surface area contributed by atoms with Gasteiger partial charge in [-0.25, -0.2) is 0 Å². The molecule has 7 heteroatoms. The average Bonchev–Trinajstić information content (AvgIpc) is 2.55. The summed E-state index contributed by atoms with van der Waals surface area (Å²) in [6.07, 6.45) is 7.21. The number of nitrogens with zero attached hydrogens (tertiary/aromatic N) is 1. The number of halogens is 1. The molecule has 3 aliphatic rings. The van der Waals surface area contributed by atoms with Crippen molar-refractivity contribution in [2.45, 2.75) is 57.0 Å². The lowest BCUT2D eigenvalue weighted by molar-refractivity contribution is -0.136. The predicted octanol–water partition coefficient (Wildman–Crippen LogP) is 1.32. The van der Waals surface area contributed by atoms with Crippen molar-refractivity contribution in [2.75, 3.05) is 26.8 Å². The molecule has 2 aliphatic carbocycles. The summed E-state index contributed by atoms with van der Waals surface area (Å²) in [5, 5.41) is 3.24. The van der Waals surface area contributed by atoms with Gasteiger partial charge in [0.15, 0.2) is 0 Å². The van der Waals surface area contributed by atoms with Crippen molar-refractivity contribution in [3.05, 3.63) is 0 Å². The van der Waals surface area contributed by atoms with E-state index in [0.717, 1.165) is 25.7 Å². The molecule has 0 spiro atoms. The zero-order chi connectivity index (χ0) is 17.1. The molecule has 0 aromatic rings. The maximum atomic E-state index is 12.7. The SMILES string of the molecule is COCC(=O)N1CCC(NC(=O)C2CC3CCCC(C2)C3N)CC1.Cl. The molecule has 1 heterocycles. The maximum Gasteiger partial charge on any atom is 0.248 e. The van der Waals surface area contributed by atoms with Crippen LogP contribution < -0.4 is 11.1 Å². The number of piperidine rings is 1. The quantitative estimate of drug-likeness (QED) is 0.778. The van der Waals surface area contributed by atoms with Gasteiger partial charge in [0.05, 0.1) is 0 Å². The summed E-state index contributed by atoms with van der Waals surface area (Å²) >= 11 is 0. The number of carbonyl (C=O) groups excluding carboxylic acids is 2.